The lowest BCUT2D eigenvalue weighted by Gasteiger charge is -1.99. The lowest BCUT2D eigenvalue weighted by atomic mass is 10.2. The number of hydrogen-bond donors (Lipinski definition) is 1. The van der Waals surface area contributed by atoms with Crippen LogP contribution < -0.4 is 0 Å². The van der Waals surface area contributed by atoms with Crippen LogP contribution in [0, 0.1) is 0 Å². The van der Waals surface area contributed by atoms with Crippen LogP contribution in [0.1, 0.15) is 10.4 Å². The van der Waals surface area contributed by atoms with E-state index in [1.54, 1.807) is 29.5 Å². The van der Waals surface area contributed by atoms with E-state index < -0.39 is 5.97 Å². The van der Waals surface area contributed by atoms with Crippen LogP contribution in [0.3, 0.4) is 0 Å². The van der Waals surface area contributed by atoms with Crippen LogP contribution in [0.4, 0.5) is 0 Å². The number of aromatic carboxylic acids is 1. The minimum absolute atomic E-state index is 0.265. The van der Waals surface area contributed by atoms with Crippen molar-refractivity contribution in [3.63, 3.8) is 0 Å². The van der Waals surface area contributed by atoms with Crippen LogP contribution in [-0.4, -0.2) is 30.8 Å². The minimum atomic E-state index is -0.937. The smallest absolute Gasteiger partial charge is 0.335 e. The number of hydrogen-bond acceptors (Lipinski definition) is 7. The number of benzene rings is 1. The molecular formula is C15H10N4O2S3. The lowest BCUT2D eigenvalue weighted by Crippen LogP contribution is -1.94. The summed E-state index contributed by atoms with van der Waals surface area (Å²) in [6.45, 7) is 0. The first-order valence-electron chi connectivity index (χ1n) is 6.87. The number of aromatic nitrogens is 4. The van der Waals surface area contributed by atoms with Crippen molar-refractivity contribution >= 4 is 50.6 Å². The average Bonchev–Trinajstić information content (AvgIpc) is 3.27. The van der Waals surface area contributed by atoms with Crippen molar-refractivity contribution in [3.05, 3.63) is 41.3 Å². The number of nitrogens with zero attached hydrogens (tertiary/aromatic N) is 4. The Morgan fingerprint density at radius 2 is 2.17 bits per heavy atom. The van der Waals surface area contributed by atoms with Gasteiger partial charge in [-0.1, -0.05) is 6.07 Å². The number of carbonyl (C=O) groups is 1. The fourth-order valence-corrected chi connectivity index (χ4v) is 4.93. The molecule has 1 aromatic carbocycles. The molecule has 0 aliphatic carbocycles. The molecular weight excluding hydrogens is 364 g/mol. The van der Waals surface area contributed by atoms with Gasteiger partial charge in [-0.2, -0.15) is 0 Å². The second-order valence-electron chi connectivity index (χ2n) is 4.91. The predicted octanol–water partition coefficient (Wildman–Crippen LogP) is 4.00. The van der Waals surface area contributed by atoms with Gasteiger partial charge in [0.05, 0.1) is 20.7 Å². The van der Waals surface area contributed by atoms with Gasteiger partial charge in [0.25, 0.3) is 0 Å². The second-order valence-corrected chi connectivity index (χ2v) is 8.10. The van der Waals surface area contributed by atoms with Crippen LogP contribution in [0.15, 0.2) is 45.2 Å². The summed E-state index contributed by atoms with van der Waals surface area (Å²) in [6.07, 6.45) is 0. The third-order valence-electron chi connectivity index (χ3n) is 3.37. The standard InChI is InChI=1S/C15H10N4O2S3/c1-19-12(10-3-2-6-22-10)17-18-14(19)24-15-16-9-5-4-8(13(20)21)7-11(9)23-15/h2-7H,1H3,(H,20,21). The first-order valence-corrected chi connectivity index (χ1v) is 9.38. The molecule has 0 saturated carbocycles. The molecule has 6 nitrogen and oxygen atoms in total. The van der Waals surface area contributed by atoms with Crippen LogP contribution in [0.2, 0.25) is 0 Å². The van der Waals surface area contributed by atoms with E-state index in [-0.39, 0.29) is 5.56 Å². The molecule has 0 bridgehead atoms. The Morgan fingerprint density at radius 1 is 1.29 bits per heavy atom. The summed E-state index contributed by atoms with van der Waals surface area (Å²) in [7, 11) is 1.92. The summed E-state index contributed by atoms with van der Waals surface area (Å²) >= 11 is 4.49. The maximum absolute atomic E-state index is 11.1. The van der Waals surface area contributed by atoms with E-state index in [4.69, 9.17) is 5.11 Å². The predicted molar refractivity (Wildman–Crippen MR) is 95.0 cm³/mol. The van der Waals surface area contributed by atoms with E-state index >= 15 is 0 Å². The fourth-order valence-electron chi connectivity index (χ4n) is 2.18. The molecule has 3 aromatic heterocycles. The summed E-state index contributed by atoms with van der Waals surface area (Å²) in [5, 5.41) is 20.3. The monoisotopic (exact) mass is 374 g/mol. The van der Waals surface area contributed by atoms with Crippen LogP contribution in [-0.2, 0) is 7.05 Å². The number of thiophene rings is 1. The van der Waals surface area contributed by atoms with Gasteiger partial charge in [0.15, 0.2) is 15.3 Å². The summed E-state index contributed by atoms with van der Waals surface area (Å²) in [5.41, 5.74) is 1.05. The van der Waals surface area contributed by atoms with Crippen molar-refractivity contribution < 1.29 is 9.90 Å². The molecule has 0 aliphatic heterocycles. The van der Waals surface area contributed by atoms with Crippen molar-refractivity contribution in [2.75, 3.05) is 0 Å². The molecule has 0 amide bonds. The van der Waals surface area contributed by atoms with Gasteiger partial charge in [0.2, 0.25) is 0 Å². The number of carboxylic acid groups (broad SMARTS) is 1. The second kappa shape index (κ2) is 6.00. The van der Waals surface area contributed by atoms with E-state index in [1.807, 2.05) is 29.1 Å². The number of thiazole rings is 1. The Hall–Kier alpha value is -2.23. The lowest BCUT2D eigenvalue weighted by molar-refractivity contribution is 0.0697. The highest BCUT2D eigenvalue weighted by Gasteiger charge is 2.15. The first-order chi connectivity index (χ1) is 11.6. The molecule has 1 N–H and O–H groups in total. The van der Waals surface area contributed by atoms with E-state index in [9.17, 15) is 4.79 Å². The van der Waals surface area contributed by atoms with Gasteiger partial charge in [-0.05, 0) is 41.4 Å². The topological polar surface area (TPSA) is 80.9 Å². The SMILES string of the molecule is Cn1c(Sc2nc3ccc(C(=O)O)cc3s2)nnc1-c1cccs1. The minimum Gasteiger partial charge on any atom is -0.478 e. The third-order valence-corrected chi connectivity index (χ3v) is 6.35. The zero-order valence-corrected chi connectivity index (χ0v) is 14.8. The Morgan fingerprint density at radius 3 is 2.92 bits per heavy atom. The van der Waals surface area contributed by atoms with Crippen molar-refractivity contribution in [1.29, 1.82) is 0 Å². The molecule has 0 aliphatic rings. The molecule has 120 valence electrons. The molecule has 0 spiro atoms. The first kappa shape index (κ1) is 15.3. The van der Waals surface area contributed by atoms with Crippen molar-refractivity contribution in [2.24, 2.45) is 7.05 Å². The van der Waals surface area contributed by atoms with Crippen molar-refractivity contribution in [1.82, 2.24) is 19.7 Å². The zero-order valence-electron chi connectivity index (χ0n) is 12.3. The highest BCUT2D eigenvalue weighted by Crippen LogP contribution is 2.35. The van der Waals surface area contributed by atoms with Crippen molar-refractivity contribution in [2.45, 2.75) is 9.50 Å². The molecule has 0 unspecified atom stereocenters. The fraction of sp³-hybridized carbons (Fsp3) is 0.0667. The van der Waals surface area contributed by atoms with E-state index in [1.165, 1.54) is 23.1 Å². The normalized spacial score (nSPS) is 11.2. The molecule has 9 heteroatoms. The maximum atomic E-state index is 11.1. The molecule has 0 radical (unpaired) electrons. The average molecular weight is 374 g/mol. The molecule has 4 aromatic rings. The summed E-state index contributed by atoms with van der Waals surface area (Å²) < 4.78 is 3.59. The number of carboxylic acids is 1. The Kier molecular flexibility index (Phi) is 3.83. The van der Waals surface area contributed by atoms with Gasteiger partial charge in [-0.3, -0.25) is 0 Å². The Balaban J connectivity index is 1.66. The number of rotatable bonds is 4. The van der Waals surface area contributed by atoms with Crippen LogP contribution >= 0.6 is 34.4 Å². The van der Waals surface area contributed by atoms with Gasteiger partial charge in [0.1, 0.15) is 0 Å². The maximum Gasteiger partial charge on any atom is 0.335 e. The molecule has 4 rings (SSSR count). The molecule has 0 fully saturated rings. The Bertz CT molecular complexity index is 1040. The van der Waals surface area contributed by atoms with Crippen LogP contribution in [0.5, 0.6) is 0 Å². The van der Waals surface area contributed by atoms with Gasteiger partial charge in [-0.25, -0.2) is 9.78 Å². The van der Waals surface area contributed by atoms with E-state index in [2.05, 4.69) is 15.2 Å². The summed E-state index contributed by atoms with van der Waals surface area (Å²) in [5.74, 6) is -0.116. The summed E-state index contributed by atoms with van der Waals surface area (Å²) in [6, 6.07) is 8.93. The van der Waals surface area contributed by atoms with Crippen LogP contribution in [0.25, 0.3) is 20.9 Å². The largest absolute Gasteiger partial charge is 0.478 e. The van der Waals surface area contributed by atoms with E-state index in [0.29, 0.717) is 0 Å². The third kappa shape index (κ3) is 2.70. The molecule has 0 saturated heterocycles. The van der Waals surface area contributed by atoms with Gasteiger partial charge < -0.3 is 9.67 Å². The van der Waals surface area contributed by atoms with Gasteiger partial charge >= 0.3 is 5.97 Å². The molecule has 3 heterocycles. The van der Waals surface area contributed by atoms with Crippen molar-refractivity contribution in [3.8, 4) is 10.7 Å². The number of fused-ring (bicyclic) bond motifs is 1. The van der Waals surface area contributed by atoms with Gasteiger partial charge in [-0.15, -0.1) is 32.9 Å². The highest BCUT2D eigenvalue weighted by molar-refractivity contribution is 8.01. The molecule has 0 atom stereocenters. The summed E-state index contributed by atoms with van der Waals surface area (Å²) in [4.78, 5) is 16.7. The zero-order chi connectivity index (χ0) is 16.7. The Labute approximate surface area is 148 Å². The van der Waals surface area contributed by atoms with E-state index in [0.717, 1.165) is 30.4 Å². The quantitative estimate of drug-likeness (QED) is 0.581. The highest BCUT2D eigenvalue weighted by atomic mass is 32.2. The molecule has 24 heavy (non-hydrogen) atoms. The van der Waals surface area contributed by atoms with Gasteiger partial charge in [0, 0.05) is 7.05 Å².